The summed E-state index contributed by atoms with van der Waals surface area (Å²) in [5.74, 6) is 0.858. The number of aliphatic hydroxyl groups is 1. The van der Waals surface area contributed by atoms with Crippen LogP contribution in [-0.2, 0) is 0 Å². The average molecular weight is 258 g/mol. The van der Waals surface area contributed by atoms with Crippen LogP contribution in [0.2, 0.25) is 5.02 Å². The van der Waals surface area contributed by atoms with E-state index < -0.39 is 0 Å². The topological polar surface area (TPSA) is 32.3 Å². The Morgan fingerprint density at radius 3 is 2.81 bits per heavy atom. The maximum absolute atomic E-state index is 9.24. The minimum atomic E-state index is 0.175. The number of aliphatic hydroxyl groups excluding tert-OH is 1. The smallest absolute Gasteiger partial charge is 0.0592 e. The molecule has 2 rings (SSSR count). The lowest BCUT2D eigenvalue weighted by Crippen LogP contribution is -2.36. The largest absolute Gasteiger partial charge is 0.395 e. The van der Waals surface area contributed by atoms with Crippen molar-refractivity contribution in [3.63, 3.8) is 0 Å². The van der Waals surface area contributed by atoms with Gasteiger partial charge in [-0.3, -0.25) is 0 Å². The molecule has 0 aromatic heterocycles. The van der Waals surface area contributed by atoms with Crippen molar-refractivity contribution >= 4 is 23.4 Å². The summed E-state index contributed by atoms with van der Waals surface area (Å²) in [5, 5.41) is 13.4. The van der Waals surface area contributed by atoms with E-state index in [4.69, 9.17) is 11.6 Å². The van der Waals surface area contributed by atoms with Crippen LogP contribution in [0.15, 0.2) is 29.2 Å². The van der Waals surface area contributed by atoms with Crippen LogP contribution in [0, 0.1) is 0 Å². The number of nitrogens with one attached hydrogen (secondary N) is 1. The van der Waals surface area contributed by atoms with Gasteiger partial charge in [-0.2, -0.15) is 0 Å². The highest BCUT2D eigenvalue weighted by molar-refractivity contribution is 7.99. The normalized spacial score (nSPS) is 17.4. The van der Waals surface area contributed by atoms with Crippen molar-refractivity contribution in [1.29, 1.82) is 0 Å². The first-order valence-corrected chi connectivity index (χ1v) is 6.90. The zero-order valence-corrected chi connectivity index (χ0v) is 10.6. The molecule has 1 aliphatic carbocycles. The lowest BCUT2D eigenvalue weighted by atomic mass is 10.3. The highest BCUT2D eigenvalue weighted by Crippen LogP contribution is 2.27. The maximum atomic E-state index is 9.24. The van der Waals surface area contributed by atoms with E-state index in [1.165, 1.54) is 12.8 Å². The van der Waals surface area contributed by atoms with Crippen molar-refractivity contribution in [3.05, 3.63) is 29.3 Å². The molecule has 0 saturated heterocycles. The molecule has 0 bridgehead atoms. The second-order valence-electron chi connectivity index (χ2n) is 4.06. The summed E-state index contributed by atoms with van der Waals surface area (Å²) in [6.07, 6.45) is 2.49. The summed E-state index contributed by atoms with van der Waals surface area (Å²) in [5.41, 5.74) is 0. The number of halogens is 1. The van der Waals surface area contributed by atoms with E-state index in [-0.39, 0.29) is 12.6 Å². The molecule has 0 radical (unpaired) electrons. The van der Waals surface area contributed by atoms with Crippen LogP contribution in [0.25, 0.3) is 0 Å². The highest BCUT2D eigenvalue weighted by Gasteiger charge is 2.24. The molecule has 1 aromatic rings. The number of benzene rings is 1. The van der Waals surface area contributed by atoms with Crippen LogP contribution >= 0.6 is 23.4 Å². The van der Waals surface area contributed by atoms with E-state index in [1.54, 1.807) is 11.8 Å². The number of rotatable bonds is 6. The molecule has 88 valence electrons. The van der Waals surface area contributed by atoms with E-state index in [0.29, 0.717) is 6.04 Å². The minimum absolute atomic E-state index is 0.175. The van der Waals surface area contributed by atoms with Crippen LogP contribution in [0.3, 0.4) is 0 Å². The van der Waals surface area contributed by atoms with E-state index >= 15 is 0 Å². The van der Waals surface area contributed by atoms with E-state index in [2.05, 4.69) is 5.32 Å². The van der Waals surface area contributed by atoms with Gasteiger partial charge in [0.1, 0.15) is 0 Å². The zero-order valence-electron chi connectivity index (χ0n) is 9.03. The number of hydrogen-bond acceptors (Lipinski definition) is 3. The Morgan fingerprint density at radius 1 is 1.44 bits per heavy atom. The van der Waals surface area contributed by atoms with Gasteiger partial charge in [-0.05, 0) is 25.0 Å². The molecule has 1 aliphatic rings. The van der Waals surface area contributed by atoms with Gasteiger partial charge in [0, 0.05) is 22.7 Å². The Morgan fingerprint density at radius 2 is 2.19 bits per heavy atom. The van der Waals surface area contributed by atoms with Gasteiger partial charge in [0.05, 0.1) is 11.6 Å². The first-order chi connectivity index (χ1) is 7.79. The average Bonchev–Trinajstić information content (AvgIpc) is 3.10. The third-order valence-electron chi connectivity index (χ3n) is 2.55. The Kier molecular flexibility index (Phi) is 4.53. The second kappa shape index (κ2) is 5.92. The molecule has 0 spiro atoms. The van der Waals surface area contributed by atoms with Crippen molar-refractivity contribution in [2.45, 2.75) is 29.8 Å². The third kappa shape index (κ3) is 3.67. The fraction of sp³-hybridized carbons (Fsp3) is 0.500. The molecule has 1 atom stereocenters. The van der Waals surface area contributed by atoms with Gasteiger partial charge in [0.25, 0.3) is 0 Å². The van der Waals surface area contributed by atoms with Gasteiger partial charge in [-0.1, -0.05) is 23.7 Å². The predicted molar refractivity (Wildman–Crippen MR) is 69.2 cm³/mol. The molecule has 1 saturated carbocycles. The van der Waals surface area contributed by atoms with Gasteiger partial charge in [0.15, 0.2) is 0 Å². The molecule has 0 aliphatic heterocycles. The van der Waals surface area contributed by atoms with Gasteiger partial charge in [-0.15, -0.1) is 11.8 Å². The first kappa shape index (κ1) is 12.2. The fourth-order valence-corrected chi connectivity index (χ4v) is 2.75. The summed E-state index contributed by atoms with van der Waals surface area (Å²) in [7, 11) is 0. The zero-order chi connectivity index (χ0) is 11.4. The number of hydrogen-bond donors (Lipinski definition) is 2. The standard InChI is InChI=1S/C12H16ClNOS/c13-11-3-1-2-4-12(11)16-8-10(7-15)14-9-5-6-9/h1-4,9-10,14-15H,5-8H2. The Bertz CT molecular complexity index is 344. The van der Waals surface area contributed by atoms with E-state index in [0.717, 1.165) is 15.7 Å². The fourth-order valence-electron chi connectivity index (χ4n) is 1.49. The Labute approximate surface area is 105 Å². The summed E-state index contributed by atoms with van der Waals surface area (Å²) in [4.78, 5) is 1.08. The van der Waals surface area contributed by atoms with Crippen LogP contribution in [-0.4, -0.2) is 29.5 Å². The third-order valence-corrected chi connectivity index (χ3v) is 4.22. The molecular weight excluding hydrogens is 242 g/mol. The molecule has 2 N–H and O–H groups in total. The van der Waals surface area contributed by atoms with Gasteiger partial charge >= 0.3 is 0 Å². The summed E-state index contributed by atoms with van der Waals surface area (Å²) in [6.45, 7) is 0.188. The van der Waals surface area contributed by atoms with Crippen molar-refractivity contribution in [2.75, 3.05) is 12.4 Å². The molecular formula is C12H16ClNOS. The van der Waals surface area contributed by atoms with E-state index in [9.17, 15) is 5.11 Å². The van der Waals surface area contributed by atoms with Gasteiger partial charge in [0.2, 0.25) is 0 Å². The Hall–Kier alpha value is -0.220. The van der Waals surface area contributed by atoms with E-state index in [1.807, 2.05) is 24.3 Å². The lowest BCUT2D eigenvalue weighted by Gasteiger charge is -2.15. The quantitative estimate of drug-likeness (QED) is 0.769. The second-order valence-corrected chi connectivity index (χ2v) is 5.53. The van der Waals surface area contributed by atoms with Crippen molar-refractivity contribution in [3.8, 4) is 0 Å². The maximum Gasteiger partial charge on any atom is 0.0592 e. The van der Waals surface area contributed by atoms with Gasteiger partial charge in [-0.25, -0.2) is 0 Å². The van der Waals surface area contributed by atoms with Crippen molar-refractivity contribution in [1.82, 2.24) is 5.32 Å². The molecule has 1 aromatic carbocycles. The number of thioether (sulfide) groups is 1. The molecule has 1 unspecified atom stereocenters. The monoisotopic (exact) mass is 257 g/mol. The molecule has 16 heavy (non-hydrogen) atoms. The van der Waals surface area contributed by atoms with Crippen LogP contribution in [0.1, 0.15) is 12.8 Å². The predicted octanol–water partition coefficient (Wildman–Crippen LogP) is 2.55. The summed E-state index contributed by atoms with van der Waals surface area (Å²) >= 11 is 7.76. The molecule has 0 amide bonds. The lowest BCUT2D eigenvalue weighted by molar-refractivity contribution is 0.253. The van der Waals surface area contributed by atoms with Crippen molar-refractivity contribution < 1.29 is 5.11 Å². The summed E-state index contributed by atoms with van der Waals surface area (Å²) < 4.78 is 0. The first-order valence-electron chi connectivity index (χ1n) is 5.54. The van der Waals surface area contributed by atoms with Gasteiger partial charge < -0.3 is 10.4 Å². The molecule has 0 heterocycles. The van der Waals surface area contributed by atoms with Crippen LogP contribution in [0.5, 0.6) is 0 Å². The molecule has 4 heteroatoms. The van der Waals surface area contributed by atoms with Crippen LogP contribution < -0.4 is 5.32 Å². The van der Waals surface area contributed by atoms with Crippen LogP contribution in [0.4, 0.5) is 0 Å². The van der Waals surface area contributed by atoms with Crippen molar-refractivity contribution in [2.24, 2.45) is 0 Å². The molecule has 1 fully saturated rings. The minimum Gasteiger partial charge on any atom is -0.395 e. The Balaban J connectivity index is 1.82. The molecule has 2 nitrogen and oxygen atoms in total. The summed E-state index contributed by atoms with van der Waals surface area (Å²) in [6, 6.07) is 8.62. The SMILES string of the molecule is OCC(CSc1ccccc1Cl)NC1CC1. The highest BCUT2D eigenvalue weighted by atomic mass is 35.5.